The fourth-order valence-electron chi connectivity index (χ4n) is 3.58. The van der Waals surface area contributed by atoms with Gasteiger partial charge in [-0.3, -0.25) is 19.3 Å². The molecular weight excluding hydrogens is 468 g/mol. The second-order valence-corrected chi connectivity index (χ2v) is 9.87. The van der Waals surface area contributed by atoms with Crippen molar-refractivity contribution in [3.8, 4) is 0 Å². The summed E-state index contributed by atoms with van der Waals surface area (Å²) in [6.07, 6.45) is 4.90. The molecule has 1 aromatic heterocycles. The molecule has 3 aromatic rings. The lowest BCUT2D eigenvalue weighted by atomic mass is 10.1. The highest BCUT2D eigenvalue weighted by Gasteiger charge is 2.18. The van der Waals surface area contributed by atoms with Crippen LogP contribution in [0.2, 0.25) is 0 Å². The van der Waals surface area contributed by atoms with E-state index < -0.39 is 21.8 Å². The number of amidine groups is 1. The number of furan rings is 1. The molecule has 2 heterocycles. The largest absolute Gasteiger partial charge is 0.459 e. The number of benzene rings is 2. The Morgan fingerprint density at radius 3 is 2.49 bits per heavy atom. The third kappa shape index (κ3) is 6.15. The van der Waals surface area contributed by atoms with E-state index in [0.717, 1.165) is 24.8 Å². The monoisotopic (exact) mass is 494 g/mol. The van der Waals surface area contributed by atoms with Gasteiger partial charge in [-0.25, -0.2) is 8.42 Å². The molecule has 10 heteroatoms. The molecule has 0 saturated heterocycles. The van der Waals surface area contributed by atoms with Gasteiger partial charge in [0.15, 0.2) is 5.76 Å². The minimum atomic E-state index is -3.76. The summed E-state index contributed by atoms with van der Waals surface area (Å²) in [5.41, 5.74) is 2.02. The van der Waals surface area contributed by atoms with Gasteiger partial charge in [0, 0.05) is 29.9 Å². The van der Waals surface area contributed by atoms with E-state index in [-0.39, 0.29) is 10.7 Å². The third-order valence-electron chi connectivity index (χ3n) is 5.54. The van der Waals surface area contributed by atoms with Crippen LogP contribution in [-0.2, 0) is 10.0 Å². The highest BCUT2D eigenvalue weighted by molar-refractivity contribution is 7.90. The Hall–Kier alpha value is -3.92. The van der Waals surface area contributed by atoms with Gasteiger partial charge in [0.25, 0.3) is 21.8 Å². The number of hydrogen-bond donors (Lipinski definition) is 3. The number of sulfonamides is 1. The summed E-state index contributed by atoms with van der Waals surface area (Å²) >= 11 is 0. The van der Waals surface area contributed by atoms with Gasteiger partial charge in [-0.2, -0.15) is 0 Å². The van der Waals surface area contributed by atoms with E-state index in [1.807, 2.05) is 6.92 Å². The van der Waals surface area contributed by atoms with Crippen molar-refractivity contribution in [1.82, 2.24) is 4.72 Å². The smallest absolute Gasteiger partial charge is 0.291 e. The molecule has 182 valence electrons. The topological polar surface area (TPSA) is 130 Å². The van der Waals surface area contributed by atoms with E-state index >= 15 is 0 Å². The van der Waals surface area contributed by atoms with Gasteiger partial charge in [0.2, 0.25) is 0 Å². The molecule has 1 aliphatic rings. The Morgan fingerprint density at radius 1 is 0.943 bits per heavy atom. The van der Waals surface area contributed by atoms with Gasteiger partial charge in [0.05, 0.1) is 11.2 Å². The highest BCUT2D eigenvalue weighted by Crippen LogP contribution is 2.20. The van der Waals surface area contributed by atoms with Gasteiger partial charge < -0.3 is 15.1 Å². The minimum Gasteiger partial charge on any atom is -0.459 e. The summed E-state index contributed by atoms with van der Waals surface area (Å²) in [5, 5.41) is 5.48. The number of amides is 2. The molecule has 0 unspecified atom stereocenters. The van der Waals surface area contributed by atoms with Crippen LogP contribution in [0.4, 0.5) is 11.4 Å². The number of rotatable bonds is 6. The van der Waals surface area contributed by atoms with Crippen molar-refractivity contribution in [3.63, 3.8) is 0 Å². The van der Waals surface area contributed by atoms with Crippen LogP contribution in [-0.4, -0.2) is 32.6 Å². The Labute approximate surface area is 203 Å². The second kappa shape index (κ2) is 10.6. The lowest BCUT2D eigenvalue weighted by Crippen LogP contribution is -2.30. The summed E-state index contributed by atoms with van der Waals surface area (Å²) in [6, 6.07) is 14.0. The van der Waals surface area contributed by atoms with Crippen LogP contribution in [0.15, 0.2) is 75.2 Å². The Balaban J connectivity index is 1.42. The number of nitrogens with zero attached hydrogens (tertiary/aromatic N) is 1. The van der Waals surface area contributed by atoms with Crippen molar-refractivity contribution < 1.29 is 22.4 Å². The first-order chi connectivity index (χ1) is 16.8. The average Bonchev–Trinajstić information content (AvgIpc) is 3.26. The molecule has 0 aliphatic carbocycles. The standard InChI is InChI=1S/C25H26N4O5S/c1-17-8-9-18(16-21(17)28-25(31)22-6-5-15-34-22)24(30)27-19-10-12-20(13-11-19)35(32,33)29-23-7-3-2-4-14-26-23/h5-6,8-13,15-16H,2-4,7,14H2,1H3,(H,26,29)(H,27,30)(H,28,31). The predicted octanol–water partition coefficient (Wildman–Crippen LogP) is 4.34. The first kappa shape index (κ1) is 24.2. The maximum Gasteiger partial charge on any atom is 0.291 e. The van der Waals surface area contributed by atoms with Crippen molar-refractivity contribution in [2.45, 2.75) is 37.5 Å². The van der Waals surface area contributed by atoms with E-state index in [9.17, 15) is 18.0 Å². The molecule has 0 atom stereocenters. The predicted molar refractivity (Wildman–Crippen MR) is 133 cm³/mol. The van der Waals surface area contributed by atoms with Crippen molar-refractivity contribution in [1.29, 1.82) is 0 Å². The van der Waals surface area contributed by atoms with Gasteiger partial charge in [-0.05, 0) is 73.9 Å². The van der Waals surface area contributed by atoms with E-state index in [0.29, 0.717) is 35.7 Å². The minimum absolute atomic E-state index is 0.0840. The van der Waals surface area contributed by atoms with Crippen LogP contribution in [0.5, 0.6) is 0 Å². The number of nitrogens with one attached hydrogen (secondary N) is 3. The first-order valence-electron chi connectivity index (χ1n) is 11.2. The van der Waals surface area contributed by atoms with Crippen LogP contribution < -0.4 is 15.4 Å². The second-order valence-electron chi connectivity index (χ2n) is 8.18. The summed E-state index contributed by atoms with van der Waals surface area (Å²) in [4.78, 5) is 29.5. The number of aliphatic imine (C=N–C) groups is 1. The molecule has 1 aliphatic heterocycles. The van der Waals surface area contributed by atoms with Crippen LogP contribution in [0.3, 0.4) is 0 Å². The molecule has 35 heavy (non-hydrogen) atoms. The molecule has 0 spiro atoms. The van der Waals surface area contributed by atoms with Gasteiger partial charge in [-0.15, -0.1) is 0 Å². The van der Waals surface area contributed by atoms with Gasteiger partial charge in [-0.1, -0.05) is 12.5 Å². The number of anilines is 2. The first-order valence-corrected chi connectivity index (χ1v) is 12.7. The number of aryl methyl sites for hydroxylation is 1. The number of hydrogen-bond acceptors (Lipinski definition) is 6. The zero-order valence-corrected chi connectivity index (χ0v) is 20.0. The van der Waals surface area contributed by atoms with Gasteiger partial charge in [0.1, 0.15) is 5.84 Å². The lowest BCUT2D eigenvalue weighted by molar-refractivity contribution is 0.0993. The van der Waals surface area contributed by atoms with Crippen LogP contribution in [0.25, 0.3) is 0 Å². The molecular formula is C25H26N4O5S. The van der Waals surface area contributed by atoms with Gasteiger partial charge >= 0.3 is 0 Å². The number of carbonyl (C=O) groups is 2. The Morgan fingerprint density at radius 2 is 1.74 bits per heavy atom. The SMILES string of the molecule is Cc1ccc(C(=O)Nc2ccc(S(=O)(=O)NC3=NCCCCC3)cc2)cc1NC(=O)c1ccco1. The molecule has 4 rings (SSSR count). The van der Waals surface area contributed by atoms with E-state index in [1.165, 1.54) is 30.5 Å². The molecule has 0 saturated carbocycles. The normalized spacial score (nSPS) is 13.9. The molecule has 0 bridgehead atoms. The molecule has 3 N–H and O–H groups in total. The van der Waals surface area contributed by atoms with E-state index in [2.05, 4.69) is 20.3 Å². The Bertz CT molecular complexity index is 1350. The molecule has 9 nitrogen and oxygen atoms in total. The van der Waals surface area contributed by atoms with Crippen LogP contribution in [0.1, 0.15) is 52.2 Å². The summed E-state index contributed by atoms with van der Waals surface area (Å²) < 4.78 is 33.0. The highest BCUT2D eigenvalue weighted by atomic mass is 32.2. The molecule has 0 fully saturated rings. The maximum absolute atomic E-state index is 12.8. The van der Waals surface area contributed by atoms with E-state index in [1.54, 1.807) is 30.3 Å². The maximum atomic E-state index is 12.8. The fourth-order valence-corrected chi connectivity index (χ4v) is 4.67. The van der Waals surface area contributed by atoms with Crippen LogP contribution >= 0.6 is 0 Å². The van der Waals surface area contributed by atoms with Crippen LogP contribution in [0, 0.1) is 6.92 Å². The average molecular weight is 495 g/mol. The molecule has 0 radical (unpaired) electrons. The molecule has 2 aromatic carbocycles. The van der Waals surface area contributed by atoms with Crippen molar-refractivity contribution in [2.24, 2.45) is 4.99 Å². The van der Waals surface area contributed by atoms with Crippen molar-refractivity contribution in [3.05, 3.63) is 77.7 Å². The zero-order valence-electron chi connectivity index (χ0n) is 19.2. The van der Waals surface area contributed by atoms with E-state index in [4.69, 9.17) is 4.42 Å². The lowest BCUT2D eigenvalue weighted by Gasteiger charge is -2.12. The summed E-state index contributed by atoms with van der Waals surface area (Å²) in [7, 11) is -3.76. The van der Waals surface area contributed by atoms with Crippen molar-refractivity contribution in [2.75, 3.05) is 17.2 Å². The quantitative estimate of drug-likeness (QED) is 0.469. The van der Waals surface area contributed by atoms with Crippen molar-refractivity contribution >= 4 is 39.0 Å². The molecule has 2 amide bonds. The summed E-state index contributed by atoms with van der Waals surface area (Å²) in [5.74, 6) is -0.181. The fraction of sp³-hybridized carbons (Fsp3) is 0.240. The third-order valence-corrected chi connectivity index (χ3v) is 6.94. The Kier molecular flexibility index (Phi) is 7.31. The summed E-state index contributed by atoms with van der Waals surface area (Å²) in [6.45, 7) is 2.43. The number of carbonyl (C=O) groups excluding carboxylic acids is 2. The zero-order chi connectivity index (χ0) is 24.8.